The van der Waals surface area contributed by atoms with E-state index in [0.717, 1.165) is 29.9 Å². The summed E-state index contributed by atoms with van der Waals surface area (Å²) >= 11 is 13.1. The van der Waals surface area contributed by atoms with Gasteiger partial charge in [0.25, 0.3) is 5.91 Å². The molecule has 7 heteroatoms. The Balaban J connectivity index is 1.53. The number of carbonyl (C=O) groups excluding carboxylic acids is 1. The van der Waals surface area contributed by atoms with Gasteiger partial charge in [-0.25, -0.2) is 0 Å². The van der Waals surface area contributed by atoms with E-state index in [0.29, 0.717) is 19.9 Å². The maximum absolute atomic E-state index is 12.3. The number of amides is 1. The SMILES string of the molecule is O=C(Nc1ccc(-c2onc3c2CCCC3)cc1)c1cc(Cl)sc1Cl. The number of anilines is 1. The summed E-state index contributed by atoms with van der Waals surface area (Å²) in [5.41, 5.74) is 4.31. The topological polar surface area (TPSA) is 55.1 Å². The van der Waals surface area contributed by atoms with Gasteiger partial charge in [-0.2, -0.15) is 0 Å². The molecule has 1 aliphatic carbocycles. The van der Waals surface area contributed by atoms with E-state index in [2.05, 4.69) is 10.5 Å². The number of thiophene rings is 1. The van der Waals surface area contributed by atoms with Crippen molar-refractivity contribution in [1.29, 1.82) is 0 Å². The first kappa shape index (κ1) is 16.6. The number of rotatable bonds is 3. The van der Waals surface area contributed by atoms with Crippen molar-refractivity contribution in [3.05, 3.63) is 55.8 Å². The van der Waals surface area contributed by atoms with E-state index in [9.17, 15) is 4.79 Å². The Bertz CT molecular complexity index is 931. The van der Waals surface area contributed by atoms with Crippen LogP contribution in [0.1, 0.15) is 34.5 Å². The van der Waals surface area contributed by atoms with Gasteiger partial charge in [0.15, 0.2) is 5.76 Å². The average Bonchev–Trinajstić information content (AvgIpc) is 3.18. The molecular formula is C18H14Cl2N2O2S. The molecule has 1 aliphatic rings. The summed E-state index contributed by atoms with van der Waals surface area (Å²) < 4.78 is 6.41. The van der Waals surface area contributed by atoms with Crippen LogP contribution >= 0.6 is 34.5 Å². The van der Waals surface area contributed by atoms with E-state index in [4.69, 9.17) is 27.7 Å². The van der Waals surface area contributed by atoms with Crippen molar-refractivity contribution < 1.29 is 9.32 Å². The third-order valence-electron chi connectivity index (χ3n) is 4.27. The van der Waals surface area contributed by atoms with Crippen LogP contribution in [0, 0.1) is 0 Å². The van der Waals surface area contributed by atoms with Crippen LogP contribution in [0.15, 0.2) is 34.9 Å². The minimum atomic E-state index is -0.280. The lowest BCUT2D eigenvalue weighted by molar-refractivity contribution is 0.102. The number of benzene rings is 1. The maximum atomic E-state index is 12.3. The predicted octanol–water partition coefficient (Wildman–Crippen LogP) is 5.84. The van der Waals surface area contributed by atoms with Gasteiger partial charge in [0.2, 0.25) is 0 Å². The Kier molecular flexibility index (Phi) is 4.54. The van der Waals surface area contributed by atoms with Crippen molar-refractivity contribution in [3.8, 4) is 11.3 Å². The van der Waals surface area contributed by atoms with Crippen LogP contribution in [0.5, 0.6) is 0 Å². The van der Waals surface area contributed by atoms with Gasteiger partial charge in [0.05, 0.1) is 15.6 Å². The molecule has 1 N–H and O–H groups in total. The molecule has 0 radical (unpaired) electrons. The molecule has 0 aliphatic heterocycles. The summed E-state index contributed by atoms with van der Waals surface area (Å²) in [5, 5.41) is 7.01. The molecule has 128 valence electrons. The number of nitrogens with one attached hydrogen (secondary N) is 1. The minimum absolute atomic E-state index is 0.280. The second kappa shape index (κ2) is 6.83. The quantitative estimate of drug-likeness (QED) is 0.608. The highest BCUT2D eigenvalue weighted by Crippen LogP contribution is 2.33. The van der Waals surface area contributed by atoms with E-state index < -0.39 is 0 Å². The highest BCUT2D eigenvalue weighted by Gasteiger charge is 2.20. The Hall–Kier alpha value is -1.82. The molecular weight excluding hydrogens is 379 g/mol. The first-order chi connectivity index (χ1) is 12.1. The first-order valence-corrected chi connectivity index (χ1v) is 9.53. The van der Waals surface area contributed by atoms with Gasteiger partial charge in [-0.15, -0.1) is 11.3 Å². The van der Waals surface area contributed by atoms with Crippen molar-refractivity contribution in [2.45, 2.75) is 25.7 Å². The van der Waals surface area contributed by atoms with Crippen molar-refractivity contribution in [3.63, 3.8) is 0 Å². The van der Waals surface area contributed by atoms with Crippen LogP contribution in [-0.2, 0) is 12.8 Å². The Morgan fingerprint density at radius 1 is 1.16 bits per heavy atom. The van der Waals surface area contributed by atoms with Gasteiger partial charge in [-0.1, -0.05) is 28.4 Å². The molecule has 0 saturated carbocycles. The average molecular weight is 393 g/mol. The van der Waals surface area contributed by atoms with Gasteiger partial charge < -0.3 is 9.84 Å². The van der Waals surface area contributed by atoms with E-state index in [1.165, 1.54) is 29.7 Å². The van der Waals surface area contributed by atoms with E-state index >= 15 is 0 Å². The van der Waals surface area contributed by atoms with Crippen LogP contribution < -0.4 is 5.32 Å². The summed E-state index contributed by atoms with van der Waals surface area (Å²) in [6.45, 7) is 0. The molecule has 0 spiro atoms. The number of aromatic nitrogens is 1. The van der Waals surface area contributed by atoms with Gasteiger partial charge in [0.1, 0.15) is 4.34 Å². The Morgan fingerprint density at radius 2 is 1.92 bits per heavy atom. The lowest BCUT2D eigenvalue weighted by atomic mass is 9.94. The summed E-state index contributed by atoms with van der Waals surface area (Å²) in [4.78, 5) is 12.3. The van der Waals surface area contributed by atoms with Crippen molar-refractivity contribution >= 4 is 46.1 Å². The zero-order valence-electron chi connectivity index (χ0n) is 13.1. The molecule has 0 bridgehead atoms. The maximum Gasteiger partial charge on any atom is 0.258 e. The number of halogens is 2. The van der Waals surface area contributed by atoms with Crippen LogP contribution in [0.25, 0.3) is 11.3 Å². The fourth-order valence-corrected chi connectivity index (χ4v) is 4.47. The molecule has 2 heterocycles. The molecule has 0 unspecified atom stereocenters. The van der Waals surface area contributed by atoms with Gasteiger partial charge in [-0.05, 0) is 56.0 Å². The minimum Gasteiger partial charge on any atom is -0.356 e. The summed E-state index contributed by atoms with van der Waals surface area (Å²) in [7, 11) is 0. The zero-order valence-corrected chi connectivity index (χ0v) is 15.5. The lowest BCUT2D eigenvalue weighted by Gasteiger charge is -2.09. The number of carbonyl (C=O) groups is 1. The number of hydrogen-bond acceptors (Lipinski definition) is 4. The molecule has 4 rings (SSSR count). The molecule has 25 heavy (non-hydrogen) atoms. The molecule has 1 amide bonds. The van der Waals surface area contributed by atoms with Crippen LogP contribution in [0.4, 0.5) is 5.69 Å². The van der Waals surface area contributed by atoms with E-state index in [-0.39, 0.29) is 5.91 Å². The highest BCUT2D eigenvalue weighted by atomic mass is 35.5. The smallest absolute Gasteiger partial charge is 0.258 e. The van der Waals surface area contributed by atoms with Gasteiger partial charge in [-0.3, -0.25) is 4.79 Å². The zero-order chi connectivity index (χ0) is 17.4. The molecule has 0 fully saturated rings. The van der Waals surface area contributed by atoms with E-state index in [1.54, 1.807) is 6.07 Å². The second-order valence-corrected chi connectivity index (χ2v) is 8.20. The normalized spacial score (nSPS) is 13.5. The molecule has 1 aromatic carbocycles. The predicted molar refractivity (Wildman–Crippen MR) is 101 cm³/mol. The monoisotopic (exact) mass is 392 g/mol. The fourth-order valence-electron chi connectivity index (χ4n) is 3.02. The van der Waals surface area contributed by atoms with E-state index in [1.807, 2.05) is 24.3 Å². The second-order valence-electron chi connectivity index (χ2n) is 5.91. The molecule has 0 saturated heterocycles. The summed E-state index contributed by atoms with van der Waals surface area (Å²) in [6.07, 6.45) is 4.32. The van der Waals surface area contributed by atoms with Gasteiger partial charge in [0, 0.05) is 16.8 Å². The van der Waals surface area contributed by atoms with Crippen LogP contribution in [0.2, 0.25) is 8.67 Å². The summed E-state index contributed by atoms with van der Waals surface area (Å²) in [5.74, 6) is 0.554. The molecule has 3 aromatic rings. The van der Waals surface area contributed by atoms with Crippen molar-refractivity contribution in [2.24, 2.45) is 0 Å². The van der Waals surface area contributed by atoms with Crippen molar-refractivity contribution in [1.82, 2.24) is 5.16 Å². The Labute approximate surface area is 158 Å². The number of hydrogen-bond donors (Lipinski definition) is 1. The highest BCUT2D eigenvalue weighted by molar-refractivity contribution is 7.20. The molecule has 2 aromatic heterocycles. The number of nitrogens with zero attached hydrogens (tertiary/aromatic N) is 1. The lowest BCUT2D eigenvalue weighted by Crippen LogP contribution is -2.11. The third-order valence-corrected chi connectivity index (χ3v) is 5.75. The standard InChI is InChI=1S/C18H14Cl2N2O2S/c19-15-9-13(17(20)25-15)18(23)21-11-7-5-10(6-8-11)16-12-3-1-2-4-14(12)22-24-16/h5-9H,1-4H2,(H,21,23). The third kappa shape index (κ3) is 3.32. The van der Waals surface area contributed by atoms with Crippen molar-refractivity contribution in [2.75, 3.05) is 5.32 Å². The fraction of sp³-hybridized carbons (Fsp3) is 0.222. The van der Waals surface area contributed by atoms with Crippen LogP contribution in [-0.4, -0.2) is 11.1 Å². The molecule has 0 atom stereocenters. The Morgan fingerprint density at radius 3 is 2.64 bits per heavy atom. The largest absolute Gasteiger partial charge is 0.356 e. The van der Waals surface area contributed by atoms with Crippen LogP contribution in [0.3, 0.4) is 0 Å². The first-order valence-electron chi connectivity index (χ1n) is 7.96. The number of fused-ring (bicyclic) bond motifs is 1. The number of aryl methyl sites for hydroxylation is 1. The summed E-state index contributed by atoms with van der Waals surface area (Å²) in [6, 6.07) is 9.10. The van der Waals surface area contributed by atoms with Gasteiger partial charge >= 0.3 is 0 Å². The molecule has 4 nitrogen and oxygen atoms in total.